The van der Waals surface area contributed by atoms with Gasteiger partial charge in [-0.15, -0.1) is 0 Å². The second-order valence-corrected chi connectivity index (χ2v) is 4.28. The first-order valence-corrected chi connectivity index (χ1v) is 5.80. The van der Waals surface area contributed by atoms with E-state index < -0.39 is 6.10 Å². The van der Waals surface area contributed by atoms with Crippen molar-refractivity contribution in [1.82, 2.24) is 9.78 Å². The van der Waals surface area contributed by atoms with Crippen LogP contribution in [0, 0.1) is 12.7 Å². The van der Waals surface area contributed by atoms with Gasteiger partial charge in [0.05, 0.1) is 12.6 Å². The van der Waals surface area contributed by atoms with Gasteiger partial charge in [0.15, 0.2) is 0 Å². The summed E-state index contributed by atoms with van der Waals surface area (Å²) in [6.45, 7) is 2.59. The van der Waals surface area contributed by atoms with Crippen molar-refractivity contribution in [3.05, 3.63) is 48.0 Å². The van der Waals surface area contributed by atoms with Gasteiger partial charge in [0.25, 0.3) is 0 Å². The second-order valence-electron chi connectivity index (χ2n) is 4.28. The zero-order valence-electron chi connectivity index (χ0n) is 10.2. The van der Waals surface area contributed by atoms with Gasteiger partial charge in [-0.2, -0.15) is 5.10 Å². The molecule has 0 saturated carbocycles. The molecule has 0 aliphatic carbocycles. The molecule has 2 aromatic rings. The molecule has 0 spiro atoms. The number of nitrogens with zero attached hydrogens (tertiary/aromatic N) is 2. The standard InChI is InChI=1S/C13H16FN3O/c1-10-5-11(14)7-12(6-10)15-8-13(18)9-17-4-2-3-16-17/h2-7,13,15,18H,8-9H2,1H3. The van der Waals surface area contributed by atoms with Crippen molar-refractivity contribution >= 4 is 5.69 Å². The Hall–Kier alpha value is -1.88. The summed E-state index contributed by atoms with van der Waals surface area (Å²) in [5, 5.41) is 16.8. The SMILES string of the molecule is Cc1cc(F)cc(NCC(O)Cn2cccn2)c1. The third-order valence-corrected chi connectivity index (χ3v) is 2.54. The first-order chi connectivity index (χ1) is 8.63. The largest absolute Gasteiger partial charge is 0.389 e. The predicted octanol–water partition coefficient (Wildman–Crippen LogP) is 1.80. The number of aliphatic hydroxyl groups is 1. The molecule has 0 amide bonds. The molecular formula is C13H16FN3O. The van der Waals surface area contributed by atoms with E-state index in [2.05, 4.69) is 10.4 Å². The number of rotatable bonds is 5. The van der Waals surface area contributed by atoms with Crippen LogP contribution in [0.3, 0.4) is 0 Å². The third kappa shape index (κ3) is 3.56. The molecule has 0 radical (unpaired) electrons. The van der Waals surface area contributed by atoms with Crippen molar-refractivity contribution in [3.63, 3.8) is 0 Å². The highest BCUT2D eigenvalue weighted by Gasteiger charge is 2.06. The highest BCUT2D eigenvalue weighted by atomic mass is 19.1. The van der Waals surface area contributed by atoms with Crippen molar-refractivity contribution < 1.29 is 9.50 Å². The zero-order chi connectivity index (χ0) is 13.0. The molecule has 96 valence electrons. The molecule has 1 heterocycles. The third-order valence-electron chi connectivity index (χ3n) is 2.54. The minimum Gasteiger partial charge on any atom is -0.389 e. The number of hydrogen-bond donors (Lipinski definition) is 2. The van der Waals surface area contributed by atoms with Gasteiger partial charge in [-0.3, -0.25) is 4.68 Å². The number of nitrogens with one attached hydrogen (secondary N) is 1. The molecule has 1 aromatic heterocycles. The quantitative estimate of drug-likeness (QED) is 0.849. The topological polar surface area (TPSA) is 50.1 Å². The van der Waals surface area contributed by atoms with Crippen molar-refractivity contribution in [2.24, 2.45) is 0 Å². The highest BCUT2D eigenvalue weighted by molar-refractivity contribution is 5.46. The Morgan fingerprint density at radius 2 is 2.28 bits per heavy atom. The molecule has 0 bridgehead atoms. The van der Waals surface area contributed by atoms with E-state index in [1.54, 1.807) is 23.1 Å². The average Bonchev–Trinajstić information content (AvgIpc) is 2.78. The summed E-state index contributed by atoms with van der Waals surface area (Å²) < 4.78 is 14.8. The summed E-state index contributed by atoms with van der Waals surface area (Å²) in [6.07, 6.45) is 2.87. The number of benzene rings is 1. The van der Waals surface area contributed by atoms with Crippen molar-refractivity contribution in [3.8, 4) is 0 Å². The van der Waals surface area contributed by atoms with Crippen LogP contribution in [0.2, 0.25) is 0 Å². The molecular weight excluding hydrogens is 233 g/mol. The van der Waals surface area contributed by atoms with Crippen LogP contribution < -0.4 is 5.32 Å². The lowest BCUT2D eigenvalue weighted by atomic mass is 10.2. The molecule has 5 heteroatoms. The Morgan fingerprint density at radius 3 is 2.94 bits per heavy atom. The molecule has 2 N–H and O–H groups in total. The van der Waals surface area contributed by atoms with Gasteiger partial charge in [0.2, 0.25) is 0 Å². The van der Waals surface area contributed by atoms with Crippen molar-refractivity contribution in [2.45, 2.75) is 19.6 Å². The van der Waals surface area contributed by atoms with E-state index in [9.17, 15) is 9.50 Å². The Bertz CT molecular complexity index is 479. The minimum absolute atomic E-state index is 0.279. The normalized spacial score (nSPS) is 12.4. The van der Waals surface area contributed by atoms with Crippen molar-refractivity contribution in [2.75, 3.05) is 11.9 Å². The smallest absolute Gasteiger partial charge is 0.125 e. The highest BCUT2D eigenvalue weighted by Crippen LogP contribution is 2.13. The first-order valence-electron chi connectivity index (χ1n) is 5.80. The summed E-state index contributed by atoms with van der Waals surface area (Å²) in [7, 11) is 0. The maximum Gasteiger partial charge on any atom is 0.125 e. The van der Waals surface area contributed by atoms with Gasteiger partial charge < -0.3 is 10.4 Å². The van der Waals surface area contributed by atoms with Gasteiger partial charge in [0, 0.05) is 24.6 Å². The van der Waals surface area contributed by atoms with E-state index >= 15 is 0 Å². The first kappa shape index (κ1) is 12.6. The van der Waals surface area contributed by atoms with Crippen LogP contribution in [-0.4, -0.2) is 27.5 Å². The minimum atomic E-state index is -0.575. The molecule has 1 unspecified atom stereocenters. The fourth-order valence-corrected chi connectivity index (χ4v) is 1.76. The molecule has 1 atom stereocenters. The maximum absolute atomic E-state index is 13.1. The van der Waals surface area contributed by atoms with E-state index in [-0.39, 0.29) is 5.82 Å². The molecule has 0 aliphatic rings. The number of aromatic nitrogens is 2. The molecule has 2 rings (SSSR count). The lowest BCUT2D eigenvalue weighted by Crippen LogP contribution is -2.25. The van der Waals surface area contributed by atoms with E-state index in [1.807, 2.05) is 13.0 Å². The van der Waals surface area contributed by atoms with Crippen LogP contribution in [0.15, 0.2) is 36.7 Å². The number of aryl methyl sites for hydroxylation is 1. The predicted molar refractivity (Wildman–Crippen MR) is 67.9 cm³/mol. The van der Waals surface area contributed by atoms with Gasteiger partial charge in [-0.05, 0) is 36.8 Å². The fourth-order valence-electron chi connectivity index (χ4n) is 1.76. The molecule has 0 saturated heterocycles. The van der Waals surface area contributed by atoms with Gasteiger partial charge in [-0.25, -0.2) is 4.39 Å². The number of aliphatic hydroxyl groups excluding tert-OH is 1. The fraction of sp³-hybridized carbons (Fsp3) is 0.308. The Morgan fingerprint density at radius 1 is 1.44 bits per heavy atom. The monoisotopic (exact) mass is 249 g/mol. The van der Waals surface area contributed by atoms with Crippen LogP contribution in [0.25, 0.3) is 0 Å². The lowest BCUT2D eigenvalue weighted by molar-refractivity contribution is 0.161. The van der Waals surface area contributed by atoms with E-state index in [0.29, 0.717) is 18.8 Å². The Kier molecular flexibility index (Phi) is 3.94. The van der Waals surface area contributed by atoms with Gasteiger partial charge in [0.1, 0.15) is 5.82 Å². The summed E-state index contributed by atoms with van der Waals surface area (Å²) in [5.74, 6) is -0.279. The summed E-state index contributed by atoms with van der Waals surface area (Å²) in [5.41, 5.74) is 1.52. The van der Waals surface area contributed by atoms with Gasteiger partial charge in [-0.1, -0.05) is 0 Å². The zero-order valence-corrected chi connectivity index (χ0v) is 10.2. The van der Waals surface area contributed by atoms with Crippen LogP contribution in [0.1, 0.15) is 5.56 Å². The van der Waals surface area contributed by atoms with E-state index in [0.717, 1.165) is 5.56 Å². The Balaban J connectivity index is 1.87. The van der Waals surface area contributed by atoms with Crippen LogP contribution in [0.4, 0.5) is 10.1 Å². The number of anilines is 1. The number of hydrogen-bond acceptors (Lipinski definition) is 3. The summed E-state index contributed by atoms with van der Waals surface area (Å²) >= 11 is 0. The van der Waals surface area contributed by atoms with Gasteiger partial charge >= 0.3 is 0 Å². The van der Waals surface area contributed by atoms with Crippen molar-refractivity contribution in [1.29, 1.82) is 0 Å². The van der Waals surface area contributed by atoms with E-state index in [1.165, 1.54) is 12.1 Å². The number of halogens is 1. The van der Waals surface area contributed by atoms with Crippen LogP contribution in [-0.2, 0) is 6.54 Å². The summed E-state index contributed by atoms with van der Waals surface area (Å²) in [6, 6.07) is 6.51. The van der Waals surface area contributed by atoms with Crippen LogP contribution >= 0.6 is 0 Å². The van der Waals surface area contributed by atoms with Crippen LogP contribution in [0.5, 0.6) is 0 Å². The second kappa shape index (κ2) is 5.64. The molecule has 1 aromatic carbocycles. The lowest BCUT2D eigenvalue weighted by Gasteiger charge is -2.13. The molecule has 4 nitrogen and oxygen atoms in total. The summed E-state index contributed by atoms with van der Waals surface area (Å²) in [4.78, 5) is 0. The maximum atomic E-state index is 13.1. The molecule has 0 fully saturated rings. The average molecular weight is 249 g/mol. The Labute approximate surface area is 105 Å². The molecule has 0 aliphatic heterocycles. The van der Waals surface area contributed by atoms with E-state index in [4.69, 9.17) is 0 Å². The molecule has 18 heavy (non-hydrogen) atoms.